The maximum absolute atomic E-state index is 11.8. The third-order valence-electron chi connectivity index (χ3n) is 5.91. The van der Waals surface area contributed by atoms with Crippen LogP contribution in [0.5, 0.6) is 0 Å². The lowest BCUT2D eigenvalue weighted by Gasteiger charge is -2.41. The number of halogens is 1. The van der Waals surface area contributed by atoms with Gasteiger partial charge in [-0.3, -0.25) is 0 Å². The number of sulfonamides is 1. The van der Waals surface area contributed by atoms with E-state index in [9.17, 15) is 8.42 Å². The zero-order chi connectivity index (χ0) is 20.3. The van der Waals surface area contributed by atoms with Gasteiger partial charge in [-0.05, 0) is 19.1 Å². The molecule has 8 nitrogen and oxygen atoms in total. The van der Waals surface area contributed by atoms with Gasteiger partial charge in [-0.15, -0.1) is 0 Å². The van der Waals surface area contributed by atoms with E-state index in [2.05, 4.69) is 31.8 Å². The molecule has 5 rings (SSSR count). The highest BCUT2D eigenvalue weighted by Crippen LogP contribution is 2.37. The van der Waals surface area contributed by atoms with E-state index in [0.717, 1.165) is 40.1 Å². The van der Waals surface area contributed by atoms with Crippen LogP contribution >= 0.6 is 11.6 Å². The highest BCUT2D eigenvalue weighted by atomic mass is 35.5. The van der Waals surface area contributed by atoms with Gasteiger partial charge in [0.15, 0.2) is 0 Å². The Labute approximate surface area is 174 Å². The summed E-state index contributed by atoms with van der Waals surface area (Å²) in [5.74, 6) is 0.102. The van der Waals surface area contributed by atoms with Gasteiger partial charge in [0, 0.05) is 55.2 Å². The Morgan fingerprint density at radius 3 is 2.83 bits per heavy atom. The molecule has 1 N–H and O–H groups in total. The van der Waals surface area contributed by atoms with E-state index < -0.39 is 10.0 Å². The molecule has 1 saturated heterocycles. The molecule has 3 aromatic heterocycles. The van der Waals surface area contributed by atoms with Crippen LogP contribution in [0.4, 0.5) is 5.69 Å². The van der Waals surface area contributed by atoms with Gasteiger partial charge in [-0.2, -0.15) is 0 Å². The van der Waals surface area contributed by atoms with Crippen molar-refractivity contribution in [2.75, 3.05) is 24.2 Å². The van der Waals surface area contributed by atoms with Crippen molar-refractivity contribution >= 4 is 38.3 Å². The van der Waals surface area contributed by atoms with Gasteiger partial charge < -0.3 is 9.88 Å². The van der Waals surface area contributed by atoms with E-state index in [4.69, 9.17) is 11.6 Å². The second-order valence-corrected chi connectivity index (χ2v) is 10.2. The molecule has 1 fully saturated rings. The van der Waals surface area contributed by atoms with Crippen LogP contribution in [0.15, 0.2) is 24.7 Å². The van der Waals surface area contributed by atoms with Crippen LogP contribution in [-0.4, -0.2) is 58.0 Å². The van der Waals surface area contributed by atoms with Crippen LogP contribution in [-0.2, 0) is 23.0 Å². The van der Waals surface area contributed by atoms with Crippen molar-refractivity contribution in [1.29, 1.82) is 0 Å². The van der Waals surface area contributed by atoms with E-state index in [0.29, 0.717) is 24.8 Å². The van der Waals surface area contributed by atoms with Gasteiger partial charge in [0.1, 0.15) is 17.1 Å². The Balaban J connectivity index is 1.52. The molecule has 0 amide bonds. The van der Waals surface area contributed by atoms with Crippen molar-refractivity contribution in [2.24, 2.45) is 0 Å². The predicted molar refractivity (Wildman–Crippen MR) is 112 cm³/mol. The van der Waals surface area contributed by atoms with Crippen LogP contribution in [0.25, 0.3) is 11.0 Å². The van der Waals surface area contributed by atoms with Crippen LogP contribution in [0.3, 0.4) is 0 Å². The van der Waals surface area contributed by atoms with Gasteiger partial charge in [0.05, 0.1) is 23.3 Å². The molecule has 3 aromatic rings. The van der Waals surface area contributed by atoms with Crippen molar-refractivity contribution in [3.63, 3.8) is 0 Å². The molecule has 0 aliphatic carbocycles. The van der Waals surface area contributed by atoms with E-state index in [1.165, 1.54) is 10.6 Å². The zero-order valence-corrected chi connectivity index (χ0v) is 17.7. The Morgan fingerprint density at radius 2 is 2.07 bits per heavy atom. The summed E-state index contributed by atoms with van der Waals surface area (Å²) >= 11 is 6.28. The third kappa shape index (κ3) is 3.17. The highest BCUT2D eigenvalue weighted by Gasteiger charge is 2.38. The fraction of sp³-hybridized carbons (Fsp3) is 0.421. The van der Waals surface area contributed by atoms with Crippen molar-refractivity contribution < 1.29 is 8.42 Å². The summed E-state index contributed by atoms with van der Waals surface area (Å²) in [5.41, 5.74) is 4.89. The minimum Gasteiger partial charge on any atom is -0.363 e. The molecule has 10 heteroatoms. The third-order valence-corrected chi connectivity index (χ3v) is 7.34. The first-order valence-corrected chi connectivity index (χ1v) is 11.7. The summed E-state index contributed by atoms with van der Waals surface area (Å²) in [6.07, 6.45) is 5.51. The number of rotatable bonds is 3. The van der Waals surface area contributed by atoms with Gasteiger partial charge in [-0.1, -0.05) is 11.6 Å². The predicted octanol–water partition coefficient (Wildman–Crippen LogP) is 2.32. The molecule has 152 valence electrons. The van der Waals surface area contributed by atoms with E-state index in [1.54, 1.807) is 6.33 Å². The summed E-state index contributed by atoms with van der Waals surface area (Å²) < 4.78 is 25.0. The minimum atomic E-state index is -3.16. The van der Waals surface area contributed by atoms with Gasteiger partial charge in [-0.25, -0.2) is 27.7 Å². The Hall–Kier alpha value is -2.23. The maximum Gasteiger partial charge on any atom is 0.211 e. The lowest BCUT2D eigenvalue weighted by molar-refractivity contribution is 0.260. The molecule has 1 atom stereocenters. The van der Waals surface area contributed by atoms with Crippen molar-refractivity contribution in [3.05, 3.63) is 46.8 Å². The van der Waals surface area contributed by atoms with Gasteiger partial charge in [0.25, 0.3) is 0 Å². The fourth-order valence-corrected chi connectivity index (χ4v) is 5.40. The molecule has 0 bridgehead atoms. The van der Waals surface area contributed by atoms with Crippen LogP contribution in [0.1, 0.15) is 29.8 Å². The van der Waals surface area contributed by atoms with Crippen molar-refractivity contribution in [2.45, 2.75) is 31.8 Å². The number of pyridine rings is 1. The minimum absolute atomic E-state index is 0.102. The first kappa shape index (κ1) is 18.8. The van der Waals surface area contributed by atoms with Crippen LogP contribution in [0, 0.1) is 0 Å². The molecule has 5 heterocycles. The smallest absolute Gasteiger partial charge is 0.211 e. The van der Waals surface area contributed by atoms with E-state index in [-0.39, 0.29) is 12.0 Å². The molecule has 29 heavy (non-hydrogen) atoms. The molecule has 2 aliphatic rings. The monoisotopic (exact) mass is 432 g/mol. The largest absolute Gasteiger partial charge is 0.363 e. The molecular formula is C19H21ClN6O2S. The number of hydrogen-bond acceptors (Lipinski definition) is 6. The van der Waals surface area contributed by atoms with Crippen molar-refractivity contribution in [1.82, 2.24) is 24.2 Å². The molecule has 0 aromatic carbocycles. The second kappa shape index (κ2) is 6.65. The highest BCUT2D eigenvalue weighted by molar-refractivity contribution is 7.88. The Bertz CT molecular complexity index is 1200. The number of anilines is 1. The Morgan fingerprint density at radius 1 is 1.28 bits per heavy atom. The molecule has 0 radical (unpaired) electrons. The van der Waals surface area contributed by atoms with Crippen LogP contribution in [0.2, 0.25) is 5.15 Å². The SMILES string of the molecule is CC1Cc2ncnc(C3CN(S(C)(=O)=O)C3)c2CN1c1cc(Cl)nc2[nH]ccc12. The zero-order valence-electron chi connectivity index (χ0n) is 16.1. The van der Waals surface area contributed by atoms with E-state index in [1.807, 2.05) is 18.3 Å². The molecule has 0 saturated carbocycles. The number of hydrogen-bond donors (Lipinski definition) is 1. The average Bonchev–Trinajstić information content (AvgIpc) is 3.06. The molecule has 2 aliphatic heterocycles. The Kier molecular flexibility index (Phi) is 4.30. The standard InChI is InChI=1S/C19H21ClN6O2S/c1-11-5-15-14(18(23-10-22-15)12-7-25(8-12)29(2,27)28)9-26(11)16-6-17(20)24-19-13(16)3-4-21-19/h3-4,6,10-12H,5,7-9H2,1-2H3,(H,21,24). The van der Waals surface area contributed by atoms with E-state index >= 15 is 0 Å². The summed E-state index contributed by atoms with van der Waals surface area (Å²) in [7, 11) is -3.16. The van der Waals surface area contributed by atoms with Crippen LogP contribution < -0.4 is 4.90 Å². The lowest BCUT2D eigenvalue weighted by Crippen LogP contribution is -2.49. The number of aromatic amines is 1. The summed E-state index contributed by atoms with van der Waals surface area (Å²) in [6, 6.07) is 4.14. The summed E-state index contributed by atoms with van der Waals surface area (Å²) in [6.45, 7) is 3.77. The molecule has 1 unspecified atom stereocenters. The topological polar surface area (TPSA) is 95.1 Å². The second-order valence-electron chi connectivity index (χ2n) is 7.85. The number of aromatic nitrogens is 4. The fourth-order valence-electron chi connectivity index (χ4n) is 4.31. The number of fused-ring (bicyclic) bond motifs is 2. The summed E-state index contributed by atoms with van der Waals surface area (Å²) in [4.78, 5) is 18.9. The van der Waals surface area contributed by atoms with Gasteiger partial charge >= 0.3 is 0 Å². The first-order chi connectivity index (χ1) is 13.8. The number of nitrogens with zero attached hydrogens (tertiary/aromatic N) is 5. The average molecular weight is 433 g/mol. The van der Waals surface area contributed by atoms with Crippen molar-refractivity contribution in [3.8, 4) is 0 Å². The normalized spacial score (nSPS) is 20.7. The number of nitrogens with one attached hydrogen (secondary N) is 1. The first-order valence-electron chi connectivity index (χ1n) is 9.49. The maximum atomic E-state index is 11.8. The summed E-state index contributed by atoms with van der Waals surface area (Å²) in [5, 5.41) is 1.47. The van der Waals surface area contributed by atoms with Gasteiger partial charge in [0.2, 0.25) is 10.0 Å². The lowest BCUT2D eigenvalue weighted by atomic mass is 9.89. The number of H-pyrrole nitrogens is 1. The molecule has 0 spiro atoms. The quantitative estimate of drug-likeness (QED) is 0.638. The molecular weight excluding hydrogens is 412 g/mol.